The molecule has 3 saturated heterocycles. The Morgan fingerprint density at radius 3 is 2.35 bits per heavy atom. The van der Waals surface area contributed by atoms with E-state index in [1.807, 2.05) is 37.2 Å². The highest BCUT2D eigenvalue weighted by Crippen LogP contribution is 2.40. The second-order valence-electron chi connectivity index (χ2n) is 12.2. The van der Waals surface area contributed by atoms with Gasteiger partial charge in [-0.3, -0.25) is 9.59 Å². The van der Waals surface area contributed by atoms with Crippen LogP contribution in [0.3, 0.4) is 0 Å². The fraction of sp³-hybridized carbons (Fsp3) is 0.552. The Bertz CT molecular complexity index is 1470. The lowest BCUT2D eigenvalue weighted by Crippen LogP contribution is -2.51. The highest BCUT2D eigenvalue weighted by molar-refractivity contribution is 7.89. The van der Waals surface area contributed by atoms with E-state index in [2.05, 4.69) is 0 Å². The molecule has 3 fully saturated rings. The lowest BCUT2D eigenvalue weighted by atomic mass is 10.0. The van der Waals surface area contributed by atoms with Crippen molar-refractivity contribution in [2.24, 2.45) is 5.92 Å². The zero-order chi connectivity index (χ0) is 29.1. The van der Waals surface area contributed by atoms with Crippen LogP contribution < -0.4 is 4.90 Å². The number of nitrogens with zero attached hydrogens (tertiary/aromatic N) is 4. The van der Waals surface area contributed by atoms with Gasteiger partial charge in [-0.25, -0.2) is 18.1 Å². The van der Waals surface area contributed by atoms with Crippen LogP contribution in [0, 0.1) is 5.92 Å². The van der Waals surface area contributed by atoms with Crippen LogP contribution in [-0.2, 0) is 24.3 Å². The highest BCUT2D eigenvalue weighted by Gasteiger charge is 2.57. The van der Waals surface area contributed by atoms with Gasteiger partial charge < -0.3 is 14.5 Å². The summed E-state index contributed by atoms with van der Waals surface area (Å²) in [5, 5.41) is 1.43. The van der Waals surface area contributed by atoms with Gasteiger partial charge in [0.25, 0.3) is 0 Å². The molecule has 4 atom stereocenters. The largest absolute Gasteiger partial charge is 0.443 e. The Morgan fingerprint density at radius 2 is 1.68 bits per heavy atom. The maximum Gasteiger partial charge on any atom is 0.417 e. The van der Waals surface area contributed by atoms with E-state index in [0.717, 1.165) is 16.0 Å². The van der Waals surface area contributed by atoms with Crippen LogP contribution in [0.1, 0.15) is 47.0 Å². The van der Waals surface area contributed by atoms with Crippen molar-refractivity contribution in [1.29, 1.82) is 0 Å². The molecular formula is C29H38N4O6S. The molecule has 0 bridgehead atoms. The van der Waals surface area contributed by atoms with Crippen molar-refractivity contribution in [1.82, 2.24) is 14.1 Å². The predicted molar refractivity (Wildman–Crippen MR) is 151 cm³/mol. The van der Waals surface area contributed by atoms with Crippen molar-refractivity contribution < 1.29 is 27.5 Å². The normalized spacial score (nSPS) is 25.5. The first-order valence-corrected chi connectivity index (χ1v) is 15.3. The van der Waals surface area contributed by atoms with Crippen LogP contribution in [-0.4, -0.2) is 91.3 Å². The molecule has 5 rings (SSSR count). The van der Waals surface area contributed by atoms with E-state index in [9.17, 15) is 22.8 Å². The van der Waals surface area contributed by atoms with Gasteiger partial charge in [0.1, 0.15) is 11.6 Å². The van der Waals surface area contributed by atoms with E-state index < -0.39 is 45.8 Å². The van der Waals surface area contributed by atoms with Crippen molar-refractivity contribution in [3.8, 4) is 0 Å². The van der Waals surface area contributed by atoms with Crippen LogP contribution in [0.25, 0.3) is 10.8 Å². The van der Waals surface area contributed by atoms with Gasteiger partial charge in [0.15, 0.2) is 0 Å². The second-order valence-corrected chi connectivity index (χ2v) is 14.0. The van der Waals surface area contributed by atoms with E-state index >= 15 is 0 Å². The summed E-state index contributed by atoms with van der Waals surface area (Å²) in [5.74, 6) is -1.28. The first-order chi connectivity index (χ1) is 18.7. The third-order valence-corrected chi connectivity index (χ3v) is 10.1. The predicted octanol–water partition coefficient (Wildman–Crippen LogP) is 3.44. The highest BCUT2D eigenvalue weighted by atomic mass is 32.2. The lowest BCUT2D eigenvalue weighted by Gasteiger charge is -2.32. The van der Waals surface area contributed by atoms with Gasteiger partial charge in [0.2, 0.25) is 21.8 Å². The van der Waals surface area contributed by atoms with Gasteiger partial charge in [-0.05, 0) is 52.2 Å². The number of ether oxygens (including phenoxy) is 1. The summed E-state index contributed by atoms with van der Waals surface area (Å²) in [7, 11) is -0.187. The molecule has 0 spiro atoms. The zero-order valence-electron chi connectivity index (χ0n) is 24.0. The van der Waals surface area contributed by atoms with Crippen molar-refractivity contribution in [3.05, 3.63) is 36.4 Å². The average Bonchev–Trinajstić information content (AvgIpc) is 3.59. The first kappa shape index (κ1) is 28.4. The van der Waals surface area contributed by atoms with Gasteiger partial charge in [0.05, 0.1) is 22.9 Å². The average molecular weight is 571 g/mol. The van der Waals surface area contributed by atoms with Crippen LogP contribution in [0.2, 0.25) is 0 Å². The van der Waals surface area contributed by atoms with E-state index in [0.29, 0.717) is 31.2 Å². The number of carbonyl (C=O) groups excluding carboxylic acids is 3. The standard InChI is InChI=1S/C29H38N4O6S/c1-18-25-22(33(26(18)34)28(36)39-29(2,3)4)15-17-31(25)27(35)23-13-9-16-32(23)40(37,38)24-14-8-10-19-20(24)11-7-12-21(19)30(5)6/h7-8,10-12,14,18,22-23,25H,9,13,15-17H2,1-6H3/t18-,22-,23+,25+/m1/s1. The number of anilines is 1. The van der Waals surface area contributed by atoms with Crippen LogP contribution in [0.5, 0.6) is 0 Å². The molecule has 40 heavy (non-hydrogen) atoms. The first-order valence-electron chi connectivity index (χ1n) is 13.8. The number of amides is 3. The summed E-state index contributed by atoms with van der Waals surface area (Å²) >= 11 is 0. The molecule has 11 heteroatoms. The van der Waals surface area contributed by atoms with Gasteiger partial charge in [-0.15, -0.1) is 0 Å². The molecule has 3 amide bonds. The van der Waals surface area contributed by atoms with Crippen molar-refractivity contribution in [3.63, 3.8) is 0 Å². The molecule has 2 aromatic carbocycles. The summed E-state index contributed by atoms with van der Waals surface area (Å²) in [6, 6.07) is 8.93. The van der Waals surface area contributed by atoms with Crippen molar-refractivity contribution >= 4 is 44.4 Å². The van der Waals surface area contributed by atoms with Gasteiger partial charge in [-0.2, -0.15) is 4.31 Å². The summed E-state index contributed by atoms with van der Waals surface area (Å²) in [6.45, 7) is 7.52. The molecule has 216 valence electrons. The molecule has 3 heterocycles. The fourth-order valence-corrected chi connectivity index (χ4v) is 8.34. The number of hydrogen-bond acceptors (Lipinski definition) is 7. The van der Waals surface area contributed by atoms with E-state index in [-0.39, 0.29) is 23.3 Å². The molecule has 0 aromatic heterocycles. The maximum absolute atomic E-state index is 14.1. The van der Waals surface area contributed by atoms with Crippen LogP contribution in [0.4, 0.5) is 10.5 Å². The van der Waals surface area contributed by atoms with Crippen molar-refractivity contribution in [2.75, 3.05) is 32.1 Å². The summed E-state index contributed by atoms with van der Waals surface area (Å²) in [4.78, 5) is 44.9. The molecule has 0 radical (unpaired) electrons. The SMILES string of the molecule is C[C@H]1C(=O)N(C(=O)OC(C)(C)C)[C@@H]2CCN(C(=O)[C@@H]3CCCN3S(=O)(=O)c3cccc4c(N(C)C)cccc34)[C@H]21. The molecule has 10 nitrogen and oxygen atoms in total. The maximum atomic E-state index is 14.1. The quantitative estimate of drug-likeness (QED) is 0.554. The molecule has 3 aliphatic heterocycles. The number of sulfonamides is 1. The number of hydrogen-bond donors (Lipinski definition) is 0. The van der Waals surface area contributed by atoms with Crippen molar-refractivity contribution in [2.45, 2.75) is 75.6 Å². The number of benzene rings is 2. The van der Waals surface area contributed by atoms with Gasteiger partial charge in [0, 0.05) is 43.6 Å². The summed E-state index contributed by atoms with van der Waals surface area (Å²) < 4.78 is 35.0. The van der Waals surface area contributed by atoms with Crippen LogP contribution in [0.15, 0.2) is 41.3 Å². The monoisotopic (exact) mass is 570 g/mol. The third-order valence-electron chi connectivity index (χ3n) is 8.18. The van der Waals surface area contributed by atoms with Gasteiger partial charge >= 0.3 is 6.09 Å². The van der Waals surface area contributed by atoms with E-state index in [1.165, 1.54) is 4.31 Å². The molecule has 0 N–H and O–H groups in total. The second kappa shape index (κ2) is 10.0. The minimum absolute atomic E-state index is 0.174. The Hall–Kier alpha value is -3.18. The number of likely N-dealkylation sites (tertiary alicyclic amines) is 2. The Balaban J connectivity index is 1.43. The Morgan fingerprint density at radius 1 is 1.00 bits per heavy atom. The van der Waals surface area contributed by atoms with E-state index in [1.54, 1.807) is 50.8 Å². The Labute approximate surface area is 235 Å². The third kappa shape index (κ3) is 4.62. The smallest absolute Gasteiger partial charge is 0.417 e. The van der Waals surface area contributed by atoms with Crippen LogP contribution >= 0.6 is 0 Å². The number of imide groups is 1. The molecule has 3 aliphatic rings. The molecule has 0 aliphatic carbocycles. The molecule has 2 aromatic rings. The van der Waals surface area contributed by atoms with E-state index in [4.69, 9.17) is 4.74 Å². The summed E-state index contributed by atoms with van der Waals surface area (Å²) in [6.07, 6.45) is 0.688. The molecule has 0 saturated carbocycles. The molecular weight excluding hydrogens is 532 g/mol. The topological polar surface area (TPSA) is 108 Å². The minimum atomic E-state index is -4.01. The summed E-state index contributed by atoms with van der Waals surface area (Å²) in [5.41, 5.74) is 0.140. The number of fused-ring (bicyclic) bond motifs is 2. The molecule has 0 unspecified atom stereocenters. The Kier molecular flexibility index (Phi) is 7.11. The zero-order valence-corrected chi connectivity index (χ0v) is 24.8. The number of rotatable bonds is 4. The van der Waals surface area contributed by atoms with Gasteiger partial charge in [-0.1, -0.05) is 31.2 Å². The number of carbonyl (C=O) groups is 3. The minimum Gasteiger partial charge on any atom is -0.443 e. The lowest BCUT2D eigenvalue weighted by molar-refractivity contribution is -0.136. The fourth-order valence-electron chi connectivity index (χ4n) is 6.48.